The van der Waals surface area contributed by atoms with Gasteiger partial charge in [-0.15, -0.1) is 5.10 Å². The molecule has 1 fully saturated rings. The highest BCUT2D eigenvalue weighted by molar-refractivity contribution is 5.94. The highest BCUT2D eigenvalue weighted by atomic mass is 19.1. The minimum Gasteiger partial charge on any atom is -0.462 e. The second-order valence-corrected chi connectivity index (χ2v) is 9.26. The molecule has 1 atom stereocenters. The number of piperazine rings is 1. The zero-order chi connectivity index (χ0) is 26.6. The number of fused-ring (bicyclic) bond motifs is 1. The molecule has 0 N–H and O–H groups in total. The molecule has 38 heavy (non-hydrogen) atoms. The summed E-state index contributed by atoms with van der Waals surface area (Å²) in [7, 11) is 0. The van der Waals surface area contributed by atoms with Gasteiger partial charge in [-0.1, -0.05) is 37.3 Å². The van der Waals surface area contributed by atoms with Crippen molar-refractivity contribution in [3.63, 3.8) is 0 Å². The molecule has 9 heteroatoms. The topological polar surface area (TPSA) is 71.5 Å². The van der Waals surface area contributed by atoms with Gasteiger partial charge in [0.2, 0.25) is 0 Å². The van der Waals surface area contributed by atoms with Crippen LogP contribution in [0.15, 0.2) is 60.8 Å². The van der Waals surface area contributed by atoms with E-state index in [1.807, 2.05) is 30.3 Å². The number of carbonyl (C=O) groups is 1. The van der Waals surface area contributed by atoms with E-state index < -0.39 is 11.6 Å². The van der Waals surface area contributed by atoms with E-state index in [-0.39, 0.29) is 18.4 Å². The SMILES string of the molecule is CCOC(=O)c1ccc(N2CCN(c3nnc(Cc4ccc(F)cc4F)c4ccccc34)[C@@H](CC)C2)nc1. The molecular formula is C29H29F2N5O2. The van der Waals surface area contributed by atoms with Crippen molar-refractivity contribution in [1.82, 2.24) is 15.2 Å². The molecule has 0 radical (unpaired) electrons. The number of halogens is 2. The first-order valence-corrected chi connectivity index (χ1v) is 12.8. The molecule has 3 heterocycles. The monoisotopic (exact) mass is 517 g/mol. The average molecular weight is 518 g/mol. The van der Waals surface area contributed by atoms with Crippen LogP contribution in [0.4, 0.5) is 20.4 Å². The van der Waals surface area contributed by atoms with Gasteiger partial charge in [0.25, 0.3) is 0 Å². The van der Waals surface area contributed by atoms with Gasteiger partial charge < -0.3 is 14.5 Å². The molecule has 2 aromatic heterocycles. The summed E-state index contributed by atoms with van der Waals surface area (Å²) in [6, 6.07) is 15.2. The Morgan fingerprint density at radius 1 is 1.03 bits per heavy atom. The Bertz CT molecular complexity index is 1450. The van der Waals surface area contributed by atoms with E-state index in [1.54, 1.807) is 19.2 Å². The van der Waals surface area contributed by atoms with Crippen LogP contribution in [-0.2, 0) is 11.2 Å². The van der Waals surface area contributed by atoms with Crippen molar-refractivity contribution in [2.75, 3.05) is 36.0 Å². The molecule has 1 saturated heterocycles. The van der Waals surface area contributed by atoms with Crippen LogP contribution in [0.2, 0.25) is 0 Å². The van der Waals surface area contributed by atoms with Crippen LogP contribution in [0.1, 0.15) is 41.9 Å². The van der Waals surface area contributed by atoms with Crippen molar-refractivity contribution >= 4 is 28.4 Å². The maximum absolute atomic E-state index is 14.3. The van der Waals surface area contributed by atoms with E-state index in [9.17, 15) is 13.6 Å². The Morgan fingerprint density at radius 2 is 1.84 bits per heavy atom. The highest BCUT2D eigenvalue weighted by Crippen LogP contribution is 2.31. The lowest BCUT2D eigenvalue weighted by atomic mass is 10.0. The summed E-state index contributed by atoms with van der Waals surface area (Å²) in [6.45, 7) is 6.41. The van der Waals surface area contributed by atoms with Gasteiger partial charge in [0.05, 0.1) is 17.9 Å². The quantitative estimate of drug-likeness (QED) is 0.313. The van der Waals surface area contributed by atoms with Crippen molar-refractivity contribution in [2.45, 2.75) is 32.7 Å². The fourth-order valence-corrected chi connectivity index (χ4v) is 4.93. The zero-order valence-corrected chi connectivity index (χ0v) is 21.4. The summed E-state index contributed by atoms with van der Waals surface area (Å²) in [5.74, 6) is 0.0298. The molecule has 0 saturated carbocycles. The molecule has 0 amide bonds. The minimum absolute atomic E-state index is 0.161. The van der Waals surface area contributed by atoms with E-state index in [0.29, 0.717) is 30.0 Å². The Balaban J connectivity index is 1.39. The van der Waals surface area contributed by atoms with Crippen LogP contribution in [0.5, 0.6) is 0 Å². The summed E-state index contributed by atoms with van der Waals surface area (Å²) < 4.78 is 32.8. The molecule has 0 aliphatic carbocycles. The third kappa shape index (κ3) is 5.14. The van der Waals surface area contributed by atoms with Crippen molar-refractivity contribution in [1.29, 1.82) is 0 Å². The van der Waals surface area contributed by atoms with Crippen LogP contribution < -0.4 is 9.80 Å². The smallest absolute Gasteiger partial charge is 0.339 e. The molecule has 1 aliphatic rings. The summed E-state index contributed by atoms with van der Waals surface area (Å²) in [6.07, 6.45) is 2.66. The second-order valence-electron chi connectivity index (χ2n) is 9.26. The molecule has 0 bridgehead atoms. The van der Waals surface area contributed by atoms with E-state index in [0.717, 1.165) is 48.0 Å². The summed E-state index contributed by atoms with van der Waals surface area (Å²) in [5, 5.41) is 11.0. The Morgan fingerprint density at radius 3 is 2.55 bits per heavy atom. The number of benzene rings is 2. The lowest BCUT2D eigenvalue weighted by Crippen LogP contribution is -2.53. The van der Waals surface area contributed by atoms with E-state index in [4.69, 9.17) is 4.74 Å². The van der Waals surface area contributed by atoms with Crippen molar-refractivity contribution in [2.24, 2.45) is 0 Å². The first-order valence-electron chi connectivity index (χ1n) is 12.8. The zero-order valence-electron chi connectivity index (χ0n) is 21.4. The number of ether oxygens (including phenoxy) is 1. The van der Waals surface area contributed by atoms with Crippen molar-refractivity contribution in [3.8, 4) is 0 Å². The maximum Gasteiger partial charge on any atom is 0.339 e. The normalized spacial score (nSPS) is 15.6. The van der Waals surface area contributed by atoms with Gasteiger partial charge in [-0.25, -0.2) is 18.6 Å². The van der Waals surface area contributed by atoms with E-state index in [2.05, 4.69) is 31.9 Å². The predicted molar refractivity (Wildman–Crippen MR) is 143 cm³/mol. The first kappa shape index (κ1) is 25.5. The average Bonchev–Trinajstić information content (AvgIpc) is 2.94. The maximum atomic E-state index is 14.3. The third-order valence-electron chi connectivity index (χ3n) is 6.93. The molecule has 0 spiro atoms. The molecule has 5 rings (SSSR count). The van der Waals surface area contributed by atoms with Crippen LogP contribution >= 0.6 is 0 Å². The lowest BCUT2D eigenvalue weighted by molar-refractivity contribution is 0.0526. The molecular weight excluding hydrogens is 488 g/mol. The summed E-state index contributed by atoms with van der Waals surface area (Å²) >= 11 is 0. The largest absolute Gasteiger partial charge is 0.462 e. The Labute approximate surface area is 220 Å². The highest BCUT2D eigenvalue weighted by Gasteiger charge is 2.29. The van der Waals surface area contributed by atoms with Crippen molar-refractivity contribution in [3.05, 3.63) is 89.2 Å². The van der Waals surface area contributed by atoms with Crippen LogP contribution in [0.25, 0.3) is 10.8 Å². The number of hydrogen-bond acceptors (Lipinski definition) is 7. The number of aromatic nitrogens is 3. The second kappa shape index (κ2) is 11.1. The Hall–Kier alpha value is -4.14. The molecule has 4 aromatic rings. The van der Waals surface area contributed by atoms with Gasteiger partial charge in [-0.2, -0.15) is 5.10 Å². The van der Waals surface area contributed by atoms with Crippen LogP contribution in [-0.4, -0.2) is 53.4 Å². The summed E-state index contributed by atoms with van der Waals surface area (Å²) in [5.41, 5.74) is 1.45. The number of carbonyl (C=O) groups excluding carboxylic acids is 1. The van der Waals surface area contributed by atoms with Gasteiger partial charge in [0.1, 0.15) is 17.5 Å². The standard InChI is InChI=1S/C29H29F2N5O2/c1-3-22-18-35(27-12-10-20(17-32-27)29(37)38-4-2)13-14-36(22)28-24-8-6-5-7-23(24)26(33-34-28)15-19-9-11-21(30)16-25(19)31/h5-12,16-17,22H,3-4,13-15,18H2,1-2H3/t22-/m0/s1. The fourth-order valence-electron chi connectivity index (χ4n) is 4.93. The first-order chi connectivity index (χ1) is 18.5. The summed E-state index contributed by atoms with van der Waals surface area (Å²) in [4.78, 5) is 21.0. The molecule has 2 aromatic carbocycles. The van der Waals surface area contributed by atoms with Gasteiger partial charge in [-0.3, -0.25) is 0 Å². The van der Waals surface area contributed by atoms with Crippen molar-refractivity contribution < 1.29 is 18.3 Å². The molecule has 196 valence electrons. The molecule has 1 aliphatic heterocycles. The van der Waals surface area contributed by atoms with Gasteiger partial charge in [0, 0.05) is 55.1 Å². The third-order valence-corrected chi connectivity index (χ3v) is 6.93. The number of anilines is 2. The number of rotatable bonds is 7. The number of pyridine rings is 1. The molecule has 7 nitrogen and oxygen atoms in total. The van der Waals surface area contributed by atoms with Gasteiger partial charge in [-0.05, 0) is 37.1 Å². The van der Waals surface area contributed by atoms with E-state index >= 15 is 0 Å². The van der Waals surface area contributed by atoms with Gasteiger partial charge in [0.15, 0.2) is 5.82 Å². The van der Waals surface area contributed by atoms with E-state index in [1.165, 1.54) is 12.1 Å². The minimum atomic E-state index is -0.604. The van der Waals surface area contributed by atoms with Gasteiger partial charge >= 0.3 is 5.97 Å². The number of nitrogens with zero attached hydrogens (tertiary/aromatic N) is 5. The predicted octanol–water partition coefficient (Wildman–Crippen LogP) is 5.18. The fraction of sp³-hybridized carbons (Fsp3) is 0.310. The van der Waals surface area contributed by atoms with Crippen LogP contribution in [0.3, 0.4) is 0 Å². The number of esters is 1. The lowest BCUT2D eigenvalue weighted by Gasteiger charge is -2.42. The Kier molecular flexibility index (Phi) is 7.44. The molecule has 0 unspecified atom stereocenters. The number of hydrogen-bond donors (Lipinski definition) is 0. The van der Waals surface area contributed by atoms with Crippen LogP contribution in [0, 0.1) is 11.6 Å².